The number of carbonyl (C=O) groups excluding carboxylic acids is 1. The molecule has 2 rings (SSSR count). The van der Waals surface area contributed by atoms with Crippen LogP contribution in [0.1, 0.15) is 21.5 Å². The number of nitrogens with two attached hydrogens (primary N) is 1. The molecule has 21 heavy (non-hydrogen) atoms. The van der Waals surface area contributed by atoms with Gasteiger partial charge in [0.2, 0.25) is 0 Å². The monoisotopic (exact) mass is 292 g/mol. The lowest BCUT2D eigenvalue weighted by Gasteiger charge is -2.10. The Bertz CT molecular complexity index is 693. The highest BCUT2D eigenvalue weighted by atomic mass is 19.4. The normalized spacial score (nSPS) is 11.8. The number of halogens is 3. The zero-order valence-electron chi connectivity index (χ0n) is 10.8. The molecule has 1 aromatic heterocycles. The van der Waals surface area contributed by atoms with Gasteiger partial charge in [-0.05, 0) is 30.4 Å². The van der Waals surface area contributed by atoms with Crippen molar-refractivity contribution in [2.75, 3.05) is 5.73 Å². The van der Waals surface area contributed by atoms with Crippen molar-refractivity contribution in [3.8, 4) is 0 Å². The van der Waals surface area contributed by atoms with Gasteiger partial charge in [-0.3, -0.25) is 4.79 Å². The SMILES string of the molecule is Nc1ncccc1C=CC(=O)c1ccccc1C(F)(F)F. The minimum atomic E-state index is -4.58. The number of hydrogen-bond acceptors (Lipinski definition) is 3. The van der Waals surface area contributed by atoms with Crippen molar-refractivity contribution >= 4 is 17.7 Å². The summed E-state index contributed by atoms with van der Waals surface area (Å²) in [5.74, 6) is -0.545. The van der Waals surface area contributed by atoms with E-state index in [1.54, 1.807) is 12.1 Å². The maximum absolute atomic E-state index is 12.8. The third kappa shape index (κ3) is 3.47. The molecule has 0 aliphatic carbocycles. The smallest absolute Gasteiger partial charge is 0.383 e. The lowest BCUT2D eigenvalue weighted by atomic mass is 10.0. The van der Waals surface area contributed by atoms with Crippen LogP contribution >= 0.6 is 0 Å². The van der Waals surface area contributed by atoms with Crippen molar-refractivity contribution < 1.29 is 18.0 Å². The molecule has 1 heterocycles. The first kappa shape index (κ1) is 14.8. The molecule has 0 spiro atoms. The summed E-state index contributed by atoms with van der Waals surface area (Å²) in [6, 6.07) is 7.87. The van der Waals surface area contributed by atoms with E-state index in [1.807, 2.05) is 0 Å². The summed E-state index contributed by atoms with van der Waals surface area (Å²) in [4.78, 5) is 15.8. The van der Waals surface area contributed by atoms with Crippen LogP contribution in [-0.2, 0) is 6.18 Å². The van der Waals surface area contributed by atoms with E-state index in [1.165, 1.54) is 24.4 Å². The molecule has 0 saturated carbocycles. The van der Waals surface area contributed by atoms with Gasteiger partial charge in [0.15, 0.2) is 5.78 Å². The molecular formula is C15H11F3N2O. The average Bonchev–Trinajstić information content (AvgIpc) is 2.45. The standard InChI is InChI=1S/C15H11F3N2O/c16-15(17,18)12-6-2-1-5-11(12)13(21)8-7-10-4-3-9-20-14(10)19/h1-9H,(H2,19,20). The first-order valence-corrected chi connectivity index (χ1v) is 5.98. The highest BCUT2D eigenvalue weighted by molar-refractivity contribution is 6.08. The Balaban J connectivity index is 2.32. The van der Waals surface area contributed by atoms with Crippen LogP contribution in [0.2, 0.25) is 0 Å². The Hall–Kier alpha value is -2.63. The topological polar surface area (TPSA) is 56.0 Å². The zero-order valence-corrected chi connectivity index (χ0v) is 10.8. The molecule has 6 heteroatoms. The Labute approximate surface area is 118 Å². The van der Waals surface area contributed by atoms with Crippen molar-refractivity contribution in [1.29, 1.82) is 0 Å². The summed E-state index contributed by atoms with van der Waals surface area (Å²) in [5.41, 5.74) is 4.70. The summed E-state index contributed by atoms with van der Waals surface area (Å²) in [6.07, 6.45) is -0.698. The molecular weight excluding hydrogens is 281 g/mol. The Morgan fingerprint density at radius 1 is 1.14 bits per heavy atom. The third-order valence-corrected chi connectivity index (χ3v) is 2.78. The van der Waals surface area contributed by atoms with E-state index < -0.39 is 23.1 Å². The Morgan fingerprint density at radius 3 is 2.52 bits per heavy atom. The second-order valence-electron chi connectivity index (χ2n) is 4.22. The Morgan fingerprint density at radius 2 is 1.86 bits per heavy atom. The second-order valence-corrected chi connectivity index (χ2v) is 4.22. The van der Waals surface area contributed by atoms with Gasteiger partial charge in [0.25, 0.3) is 0 Å². The van der Waals surface area contributed by atoms with Crippen LogP contribution in [-0.4, -0.2) is 10.8 Å². The average molecular weight is 292 g/mol. The lowest BCUT2D eigenvalue weighted by Crippen LogP contribution is -2.11. The summed E-state index contributed by atoms with van der Waals surface area (Å²) in [7, 11) is 0. The van der Waals surface area contributed by atoms with Gasteiger partial charge in [-0.25, -0.2) is 4.98 Å². The third-order valence-electron chi connectivity index (χ3n) is 2.78. The van der Waals surface area contributed by atoms with Crippen LogP contribution in [0.3, 0.4) is 0 Å². The van der Waals surface area contributed by atoms with Gasteiger partial charge in [-0.1, -0.05) is 18.2 Å². The fourth-order valence-corrected chi connectivity index (χ4v) is 1.77. The van der Waals surface area contributed by atoms with Gasteiger partial charge in [-0.15, -0.1) is 0 Å². The molecule has 108 valence electrons. The molecule has 2 N–H and O–H groups in total. The summed E-state index contributed by atoms with van der Waals surface area (Å²) in [6.45, 7) is 0. The molecule has 0 aliphatic heterocycles. The molecule has 2 aromatic rings. The van der Waals surface area contributed by atoms with Crippen molar-refractivity contribution in [3.05, 3.63) is 65.4 Å². The van der Waals surface area contributed by atoms with Gasteiger partial charge in [0.1, 0.15) is 5.82 Å². The van der Waals surface area contributed by atoms with Gasteiger partial charge in [0, 0.05) is 17.3 Å². The van der Waals surface area contributed by atoms with E-state index in [9.17, 15) is 18.0 Å². The molecule has 0 fully saturated rings. The number of hydrogen-bond donors (Lipinski definition) is 1. The fraction of sp³-hybridized carbons (Fsp3) is 0.0667. The number of rotatable bonds is 3. The molecule has 0 bridgehead atoms. The molecule has 3 nitrogen and oxygen atoms in total. The lowest BCUT2D eigenvalue weighted by molar-refractivity contribution is -0.137. The van der Waals surface area contributed by atoms with E-state index in [-0.39, 0.29) is 5.82 Å². The predicted molar refractivity (Wildman–Crippen MR) is 73.5 cm³/mol. The number of ketones is 1. The van der Waals surface area contributed by atoms with Gasteiger partial charge >= 0.3 is 6.18 Å². The summed E-state index contributed by atoms with van der Waals surface area (Å²) >= 11 is 0. The van der Waals surface area contributed by atoms with Crippen molar-refractivity contribution in [3.63, 3.8) is 0 Å². The van der Waals surface area contributed by atoms with Crippen molar-refractivity contribution in [1.82, 2.24) is 4.98 Å². The number of carbonyl (C=O) groups is 1. The number of benzene rings is 1. The number of allylic oxidation sites excluding steroid dienone is 1. The van der Waals surface area contributed by atoms with Crippen molar-refractivity contribution in [2.45, 2.75) is 6.18 Å². The molecule has 0 atom stereocenters. The summed E-state index contributed by atoms with van der Waals surface area (Å²) in [5, 5.41) is 0. The van der Waals surface area contributed by atoms with Crippen LogP contribution in [0.25, 0.3) is 6.08 Å². The maximum Gasteiger partial charge on any atom is 0.417 e. The van der Waals surface area contributed by atoms with Crippen molar-refractivity contribution in [2.24, 2.45) is 0 Å². The molecule has 0 saturated heterocycles. The highest BCUT2D eigenvalue weighted by Gasteiger charge is 2.34. The number of pyridine rings is 1. The number of anilines is 1. The minimum absolute atomic E-state index is 0.200. The minimum Gasteiger partial charge on any atom is -0.383 e. The zero-order chi connectivity index (χ0) is 15.5. The quantitative estimate of drug-likeness (QED) is 0.695. The number of nitrogens with zero attached hydrogens (tertiary/aromatic N) is 1. The van der Waals surface area contributed by atoms with Crippen LogP contribution in [0, 0.1) is 0 Å². The predicted octanol–water partition coefficient (Wildman–Crippen LogP) is 3.58. The first-order chi connectivity index (χ1) is 9.89. The van der Waals surface area contributed by atoms with Crippen LogP contribution < -0.4 is 5.73 Å². The van der Waals surface area contributed by atoms with Crippen LogP contribution in [0.5, 0.6) is 0 Å². The van der Waals surface area contributed by atoms with Gasteiger partial charge in [0.05, 0.1) is 5.56 Å². The second kappa shape index (κ2) is 5.78. The van der Waals surface area contributed by atoms with Crippen LogP contribution in [0.15, 0.2) is 48.7 Å². The Kier molecular flexibility index (Phi) is 4.07. The van der Waals surface area contributed by atoms with E-state index in [0.29, 0.717) is 5.56 Å². The molecule has 0 aliphatic rings. The van der Waals surface area contributed by atoms with Gasteiger partial charge < -0.3 is 5.73 Å². The molecule has 0 unspecified atom stereocenters. The van der Waals surface area contributed by atoms with Gasteiger partial charge in [-0.2, -0.15) is 13.2 Å². The number of nitrogen functional groups attached to an aromatic ring is 1. The number of aromatic nitrogens is 1. The van der Waals surface area contributed by atoms with E-state index >= 15 is 0 Å². The number of alkyl halides is 3. The van der Waals surface area contributed by atoms with E-state index in [0.717, 1.165) is 18.2 Å². The molecule has 1 aromatic carbocycles. The van der Waals surface area contributed by atoms with E-state index in [4.69, 9.17) is 5.73 Å². The first-order valence-electron chi connectivity index (χ1n) is 5.98. The maximum atomic E-state index is 12.8. The molecule has 0 radical (unpaired) electrons. The van der Waals surface area contributed by atoms with Crippen LogP contribution in [0.4, 0.5) is 19.0 Å². The summed E-state index contributed by atoms with van der Waals surface area (Å²) < 4.78 is 38.5. The highest BCUT2D eigenvalue weighted by Crippen LogP contribution is 2.32. The van der Waals surface area contributed by atoms with E-state index in [2.05, 4.69) is 4.98 Å². The largest absolute Gasteiger partial charge is 0.417 e. The fourth-order valence-electron chi connectivity index (χ4n) is 1.77. The molecule has 0 amide bonds.